The van der Waals surface area contributed by atoms with Gasteiger partial charge < -0.3 is 5.73 Å². The first-order valence-electron chi connectivity index (χ1n) is 6.50. The summed E-state index contributed by atoms with van der Waals surface area (Å²) in [6.07, 6.45) is 9.51. The van der Waals surface area contributed by atoms with E-state index in [0.29, 0.717) is 0 Å². The van der Waals surface area contributed by atoms with Gasteiger partial charge in [-0.2, -0.15) is 0 Å². The Kier molecular flexibility index (Phi) is 14.8. The van der Waals surface area contributed by atoms with Gasteiger partial charge >= 0.3 is 0 Å². The zero-order valence-electron chi connectivity index (χ0n) is 11.6. The van der Waals surface area contributed by atoms with Crippen molar-refractivity contribution in [2.45, 2.75) is 78.2 Å². The van der Waals surface area contributed by atoms with E-state index in [1.165, 1.54) is 44.9 Å². The van der Waals surface area contributed by atoms with Crippen LogP contribution in [0.4, 0.5) is 0 Å². The van der Waals surface area contributed by atoms with Crippen molar-refractivity contribution in [1.82, 2.24) is 0 Å². The largest absolute Gasteiger partial charge is 0.330 e. The van der Waals surface area contributed by atoms with E-state index >= 15 is 0 Å². The summed E-state index contributed by atoms with van der Waals surface area (Å²) >= 11 is 0. The minimum atomic E-state index is -0.403. The Labute approximate surface area is 103 Å². The molecule has 0 amide bonds. The van der Waals surface area contributed by atoms with Crippen molar-refractivity contribution < 1.29 is 11.6 Å². The maximum atomic E-state index is 7.90. The van der Waals surface area contributed by atoms with E-state index in [0.717, 1.165) is 6.54 Å². The lowest BCUT2D eigenvalue weighted by Crippen LogP contribution is -2.15. The van der Waals surface area contributed by atoms with Crippen LogP contribution < -0.4 is 5.73 Å². The Morgan fingerprint density at radius 3 is 1.69 bits per heavy atom. The van der Waals surface area contributed by atoms with Crippen molar-refractivity contribution >= 4 is 0 Å². The summed E-state index contributed by atoms with van der Waals surface area (Å²) in [5.74, 6) is 0. The van der Waals surface area contributed by atoms with Crippen LogP contribution in [0.3, 0.4) is 0 Å². The quantitative estimate of drug-likeness (QED) is 0.395. The fourth-order valence-corrected chi connectivity index (χ4v) is 1.10. The first-order chi connectivity index (χ1) is 7.47. The average molecular weight is 235 g/mol. The number of nitrogens with two attached hydrogens (primary N) is 1. The SMILES string of the molecule is CC(C)(C)OO.CCCCCCCCCN.[HH]. The molecular weight excluding hydrogens is 202 g/mol. The van der Waals surface area contributed by atoms with Gasteiger partial charge in [0, 0.05) is 1.43 Å². The van der Waals surface area contributed by atoms with Gasteiger partial charge in [0.25, 0.3) is 0 Å². The van der Waals surface area contributed by atoms with Crippen LogP contribution in [0.2, 0.25) is 0 Å². The van der Waals surface area contributed by atoms with Gasteiger partial charge in [-0.1, -0.05) is 45.4 Å². The molecule has 0 radical (unpaired) electrons. The second kappa shape index (κ2) is 12.9. The van der Waals surface area contributed by atoms with E-state index in [-0.39, 0.29) is 1.43 Å². The highest BCUT2D eigenvalue weighted by Gasteiger charge is 2.06. The van der Waals surface area contributed by atoms with Crippen molar-refractivity contribution in [2.24, 2.45) is 5.73 Å². The molecule has 0 aliphatic heterocycles. The van der Waals surface area contributed by atoms with Gasteiger partial charge in [0.1, 0.15) is 0 Å². The molecule has 3 N–H and O–H groups in total. The molecule has 102 valence electrons. The molecule has 0 aromatic carbocycles. The Morgan fingerprint density at radius 2 is 1.38 bits per heavy atom. The first-order valence-corrected chi connectivity index (χ1v) is 6.50. The smallest absolute Gasteiger partial charge is 0.0949 e. The number of hydrogen-bond acceptors (Lipinski definition) is 3. The number of hydrogen-bond donors (Lipinski definition) is 2. The number of unbranched alkanes of at least 4 members (excludes halogenated alkanes) is 6. The highest BCUT2D eigenvalue weighted by atomic mass is 17.1. The topological polar surface area (TPSA) is 55.5 Å². The lowest BCUT2D eigenvalue weighted by Gasteiger charge is -2.10. The predicted octanol–water partition coefficient (Wildman–Crippen LogP) is 4.22. The molecule has 0 aliphatic rings. The zero-order valence-corrected chi connectivity index (χ0v) is 11.6. The monoisotopic (exact) mass is 235 g/mol. The van der Waals surface area contributed by atoms with Crippen LogP contribution in [0.25, 0.3) is 0 Å². The highest BCUT2D eigenvalue weighted by Crippen LogP contribution is 2.05. The highest BCUT2D eigenvalue weighted by molar-refractivity contribution is 4.53. The van der Waals surface area contributed by atoms with Crippen LogP contribution >= 0.6 is 0 Å². The summed E-state index contributed by atoms with van der Waals surface area (Å²) in [5, 5.41) is 7.90. The van der Waals surface area contributed by atoms with E-state index in [1.807, 2.05) is 0 Å². The predicted molar refractivity (Wildman–Crippen MR) is 72.6 cm³/mol. The lowest BCUT2D eigenvalue weighted by molar-refractivity contribution is -0.306. The summed E-state index contributed by atoms with van der Waals surface area (Å²) in [6.45, 7) is 8.43. The maximum absolute atomic E-state index is 7.90. The van der Waals surface area contributed by atoms with Crippen molar-refractivity contribution in [2.75, 3.05) is 6.54 Å². The average Bonchev–Trinajstić information content (AvgIpc) is 2.23. The van der Waals surface area contributed by atoms with E-state index < -0.39 is 5.60 Å². The molecule has 0 heterocycles. The van der Waals surface area contributed by atoms with Gasteiger partial charge in [0.2, 0.25) is 0 Å². The molecular formula is C13H33NO2. The summed E-state index contributed by atoms with van der Waals surface area (Å²) in [5.41, 5.74) is 4.97. The Morgan fingerprint density at radius 1 is 1.00 bits per heavy atom. The van der Waals surface area contributed by atoms with Gasteiger partial charge in [0.15, 0.2) is 0 Å². The van der Waals surface area contributed by atoms with Crippen molar-refractivity contribution in [3.8, 4) is 0 Å². The molecule has 0 aromatic heterocycles. The molecule has 0 spiro atoms. The fraction of sp³-hybridized carbons (Fsp3) is 1.00. The summed E-state index contributed by atoms with van der Waals surface area (Å²) in [6, 6.07) is 0. The molecule has 0 atom stereocenters. The lowest BCUT2D eigenvalue weighted by atomic mass is 10.1. The molecule has 0 unspecified atom stereocenters. The first kappa shape index (κ1) is 18.3. The molecule has 0 saturated carbocycles. The van der Waals surface area contributed by atoms with Crippen LogP contribution in [0.1, 0.15) is 74.1 Å². The molecule has 16 heavy (non-hydrogen) atoms. The third kappa shape index (κ3) is 23.6. The normalized spacial score (nSPS) is 10.9. The van der Waals surface area contributed by atoms with Crippen LogP contribution in [-0.2, 0) is 4.89 Å². The van der Waals surface area contributed by atoms with Gasteiger partial charge in [-0.15, -0.1) is 0 Å². The van der Waals surface area contributed by atoms with Gasteiger partial charge in [-0.3, -0.25) is 5.26 Å². The molecule has 3 nitrogen and oxygen atoms in total. The third-order valence-corrected chi connectivity index (χ3v) is 2.08. The van der Waals surface area contributed by atoms with Crippen LogP contribution in [0.5, 0.6) is 0 Å². The van der Waals surface area contributed by atoms with Crippen molar-refractivity contribution in [3.05, 3.63) is 0 Å². The van der Waals surface area contributed by atoms with Crippen LogP contribution in [0.15, 0.2) is 0 Å². The van der Waals surface area contributed by atoms with Crippen molar-refractivity contribution in [3.63, 3.8) is 0 Å². The maximum Gasteiger partial charge on any atom is 0.0949 e. The molecule has 0 aromatic rings. The minimum Gasteiger partial charge on any atom is -0.330 e. The fourth-order valence-electron chi connectivity index (χ4n) is 1.10. The standard InChI is InChI=1S/C9H21N.C4H10O2.H2/c1-2-3-4-5-6-7-8-9-10;1-4(2,3)6-5;/h2-10H2,1H3;5H,1-3H3;1H. The molecule has 0 aliphatic carbocycles. The molecule has 0 fully saturated rings. The van der Waals surface area contributed by atoms with E-state index in [1.54, 1.807) is 20.8 Å². The molecule has 0 bridgehead atoms. The summed E-state index contributed by atoms with van der Waals surface area (Å²) < 4.78 is 0. The molecule has 3 heteroatoms. The van der Waals surface area contributed by atoms with Gasteiger partial charge in [-0.25, -0.2) is 4.89 Å². The van der Waals surface area contributed by atoms with E-state index in [4.69, 9.17) is 11.0 Å². The van der Waals surface area contributed by atoms with Crippen LogP contribution in [-0.4, -0.2) is 17.4 Å². The summed E-state index contributed by atoms with van der Waals surface area (Å²) in [4.78, 5) is 3.94. The number of rotatable bonds is 7. The Bertz CT molecular complexity index is 119. The minimum absolute atomic E-state index is 0. The zero-order chi connectivity index (χ0) is 12.9. The second-order valence-corrected chi connectivity index (χ2v) is 5.11. The van der Waals surface area contributed by atoms with Gasteiger partial charge in [-0.05, 0) is 33.7 Å². The van der Waals surface area contributed by atoms with E-state index in [2.05, 4.69) is 11.8 Å². The third-order valence-electron chi connectivity index (χ3n) is 2.08. The van der Waals surface area contributed by atoms with Crippen LogP contribution in [0, 0.1) is 0 Å². The van der Waals surface area contributed by atoms with E-state index in [9.17, 15) is 0 Å². The Balaban J connectivity index is -0.000000244. The van der Waals surface area contributed by atoms with Gasteiger partial charge in [0.05, 0.1) is 5.60 Å². The van der Waals surface area contributed by atoms with Crippen molar-refractivity contribution in [1.29, 1.82) is 0 Å². The molecule has 0 saturated heterocycles. The molecule has 0 rings (SSSR count). The Hall–Kier alpha value is -0.120. The summed E-state index contributed by atoms with van der Waals surface area (Å²) in [7, 11) is 0. The second-order valence-electron chi connectivity index (χ2n) is 5.11.